The molecule has 128 valence electrons. The maximum atomic E-state index is 12.2. The summed E-state index contributed by atoms with van der Waals surface area (Å²) in [5, 5.41) is 8.56. The van der Waals surface area contributed by atoms with Gasteiger partial charge in [-0.2, -0.15) is 0 Å². The second-order valence-electron chi connectivity index (χ2n) is 6.14. The molecular weight excluding hydrogens is 308 g/mol. The van der Waals surface area contributed by atoms with Gasteiger partial charge in [-0.15, -0.1) is 11.3 Å². The molecule has 1 aliphatic rings. The molecule has 1 fully saturated rings. The SMILES string of the molecule is CN=C(NCC(=O)N1CCCCC1)NCC(C)Cc1cccs1. The minimum absolute atomic E-state index is 0.166. The lowest BCUT2D eigenvalue weighted by Gasteiger charge is -2.27. The molecule has 1 aromatic rings. The van der Waals surface area contributed by atoms with Gasteiger partial charge < -0.3 is 15.5 Å². The van der Waals surface area contributed by atoms with Crippen LogP contribution in [0.4, 0.5) is 0 Å². The Hall–Kier alpha value is -1.56. The highest BCUT2D eigenvalue weighted by Crippen LogP contribution is 2.13. The van der Waals surface area contributed by atoms with Crippen LogP contribution in [0.3, 0.4) is 0 Å². The van der Waals surface area contributed by atoms with Crippen molar-refractivity contribution >= 4 is 23.2 Å². The number of thiophene rings is 1. The minimum atomic E-state index is 0.166. The number of hydrogen-bond acceptors (Lipinski definition) is 3. The summed E-state index contributed by atoms with van der Waals surface area (Å²) < 4.78 is 0. The zero-order chi connectivity index (χ0) is 16.5. The van der Waals surface area contributed by atoms with E-state index in [1.54, 1.807) is 18.4 Å². The van der Waals surface area contributed by atoms with E-state index < -0.39 is 0 Å². The zero-order valence-corrected chi connectivity index (χ0v) is 15.0. The van der Waals surface area contributed by atoms with Crippen LogP contribution in [0.1, 0.15) is 31.1 Å². The fourth-order valence-corrected chi connectivity index (χ4v) is 3.62. The second kappa shape index (κ2) is 9.55. The summed E-state index contributed by atoms with van der Waals surface area (Å²) in [4.78, 5) is 19.7. The molecule has 2 rings (SSSR count). The standard InChI is InChI=1S/C17H28N4OS/c1-14(11-15-7-6-10-23-15)12-19-17(18-2)20-13-16(22)21-8-4-3-5-9-21/h6-7,10,14H,3-5,8-9,11-13H2,1-2H3,(H2,18,19,20). The fraction of sp³-hybridized carbons (Fsp3) is 0.647. The smallest absolute Gasteiger partial charge is 0.241 e. The maximum absolute atomic E-state index is 12.2. The van der Waals surface area contributed by atoms with E-state index >= 15 is 0 Å². The van der Waals surface area contributed by atoms with Crippen LogP contribution in [-0.2, 0) is 11.2 Å². The Morgan fingerprint density at radius 3 is 2.78 bits per heavy atom. The Balaban J connectivity index is 1.67. The van der Waals surface area contributed by atoms with Crippen LogP contribution in [-0.4, -0.2) is 50.0 Å². The first kappa shape index (κ1) is 17.8. The molecule has 0 aromatic carbocycles. The van der Waals surface area contributed by atoms with Crippen molar-refractivity contribution in [2.75, 3.05) is 33.2 Å². The Bertz CT molecular complexity index is 495. The third-order valence-electron chi connectivity index (χ3n) is 4.09. The number of carbonyl (C=O) groups excluding carboxylic acids is 1. The highest BCUT2D eigenvalue weighted by atomic mass is 32.1. The highest BCUT2D eigenvalue weighted by Gasteiger charge is 2.16. The number of guanidine groups is 1. The van der Waals surface area contributed by atoms with Gasteiger partial charge in [-0.3, -0.25) is 9.79 Å². The third kappa shape index (κ3) is 6.22. The molecule has 1 aromatic heterocycles. The molecule has 1 unspecified atom stereocenters. The average Bonchev–Trinajstić information content (AvgIpc) is 3.08. The Morgan fingerprint density at radius 1 is 1.35 bits per heavy atom. The molecule has 0 bridgehead atoms. The average molecular weight is 337 g/mol. The van der Waals surface area contributed by atoms with Crippen molar-refractivity contribution < 1.29 is 4.79 Å². The molecule has 2 heterocycles. The molecule has 1 atom stereocenters. The molecule has 0 aliphatic carbocycles. The topological polar surface area (TPSA) is 56.7 Å². The van der Waals surface area contributed by atoms with Crippen molar-refractivity contribution in [1.82, 2.24) is 15.5 Å². The van der Waals surface area contributed by atoms with Gasteiger partial charge in [0.25, 0.3) is 0 Å². The summed E-state index contributed by atoms with van der Waals surface area (Å²) in [6.07, 6.45) is 4.55. The van der Waals surface area contributed by atoms with Gasteiger partial charge in [0.2, 0.25) is 5.91 Å². The van der Waals surface area contributed by atoms with Crippen LogP contribution < -0.4 is 10.6 Å². The Labute approximate surface area is 143 Å². The van der Waals surface area contributed by atoms with Crippen molar-refractivity contribution in [3.63, 3.8) is 0 Å². The molecule has 6 heteroatoms. The Kier molecular flexibility index (Phi) is 7.39. The molecule has 1 amide bonds. The van der Waals surface area contributed by atoms with Crippen LogP contribution in [0.25, 0.3) is 0 Å². The van der Waals surface area contributed by atoms with Crippen LogP contribution in [0.5, 0.6) is 0 Å². The summed E-state index contributed by atoms with van der Waals surface area (Å²) >= 11 is 1.80. The van der Waals surface area contributed by atoms with Gasteiger partial charge in [0.1, 0.15) is 0 Å². The number of aliphatic imine (C=N–C) groups is 1. The molecule has 0 saturated carbocycles. The van der Waals surface area contributed by atoms with Gasteiger partial charge in [0, 0.05) is 31.6 Å². The second-order valence-corrected chi connectivity index (χ2v) is 7.17. The van der Waals surface area contributed by atoms with Crippen molar-refractivity contribution in [2.24, 2.45) is 10.9 Å². The number of nitrogens with zero attached hydrogens (tertiary/aromatic N) is 2. The largest absolute Gasteiger partial charge is 0.356 e. The molecule has 1 saturated heterocycles. The lowest BCUT2D eigenvalue weighted by atomic mass is 10.1. The fourth-order valence-electron chi connectivity index (χ4n) is 2.75. The van der Waals surface area contributed by atoms with E-state index in [4.69, 9.17) is 0 Å². The highest BCUT2D eigenvalue weighted by molar-refractivity contribution is 7.09. The van der Waals surface area contributed by atoms with Gasteiger partial charge in [-0.05, 0) is 43.0 Å². The first-order valence-corrected chi connectivity index (χ1v) is 9.31. The van der Waals surface area contributed by atoms with E-state index in [1.165, 1.54) is 11.3 Å². The molecule has 0 spiro atoms. The summed E-state index contributed by atoms with van der Waals surface area (Å²) in [6, 6.07) is 4.26. The van der Waals surface area contributed by atoms with Gasteiger partial charge in [0.15, 0.2) is 5.96 Å². The molecule has 5 nitrogen and oxygen atoms in total. The van der Waals surface area contributed by atoms with Crippen molar-refractivity contribution in [3.8, 4) is 0 Å². The number of carbonyl (C=O) groups is 1. The van der Waals surface area contributed by atoms with Gasteiger partial charge in [-0.1, -0.05) is 13.0 Å². The van der Waals surface area contributed by atoms with E-state index in [1.807, 2.05) is 4.90 Å². The molecular formula is C17H28N4OS. The van der Waals surface area contributed by atoms with Gasteiger partial charge >= 0.3 is 0 Å². The van der Waals surface area contributed by atoms with Crippen molar-refractivity contribution in [3.05, 3.63) is 22.4 Å². The molecule has 2 N–H and O–H groups in total. The maximum Gasteiger partial charge on any atom is 0.241 e. The lowest BCUT2D eigenvalue weighted by Crippen LogP contribution is -2.46. The van der Waals surface area contributed by atoms with Crippen molar-refractivity contribution in [1.29, 1.82) is 0 Å². The quantitative estimate of drug-likeness (QED) is 0.618. The third-order valence-corrected chi connectivity index (χ3v) is 4.99. The number of amides is 1. The lowest BCUT2D eigenvalue weighted by molar-refractivity contribution is -0.130. The van der Waals surface area contributed by atoms with Gasteiger partial charge in [-0.25, -0.2) is 0 Å². The normalized spacial score (nSPS) is 17.0. The predicted molar refractivity (Wildman–Crippen MR) is 97.0 cm³/mol. The van der Waals surface area contributed by atoms with E-state index in [9.17, 15) is 4.79 Å². The number of rotatable bonds is 6. The van der Waals surface area contributed by atoms with E-state index in [0.29, 0.717) is 18.4 Å². The van der Waals surface area contributed by atoms with Crippen LogP contribution in [0.15, 0.2) is 22.5 Å². The predicted octanol–water partition coefficient (Wildman–Crippen LogP) is 2.10. The summed E-state index contributed by atoms with van der Waals surface area (Å²) in [6.45, 7) is 5.17. The van der Waals surface area contributed by atoms with Crippen molar-refractivity contribution in [2.45, 2.75) is 32.6 Å². The number of hydrogen-bond donors (Lipinski definition) is 2. The summed E-state index contributed by atoms with van der Waals surface area (Å²) in [7, 11) is 1.74. The number of piperidine rings is 1. The number of nitrogens with one attached hydrogen (secondary N) is 2. The first-order chi connectivity index (χ1) is 11.2. The van der Waals surface area contributed by atoms with E-state index in [-0.39, 0.29) is 5.91 Å². The summed E-state index contributed by atoms with van der Waals surface area (Å²) in [5.74, 6) is 1.39. The van der Waals surface area contributed by atoms with E-state index in [2.05, 4.69) is 40.1 Å². The molecule has 1 aliphatic heterocycles. The minimum Gasteiger partial charge on any atom is -0.356 e. The van der Waals surface area contributed by atoms with Crippen LogP contribution in [0.2, 0.25) is 0 Å². The van der Waals surface area contributed by atoms with Crippen LogP contribution >= 0.6 is 11.3 Å². The molecule has 23 heavy (non-hydrogen) atoms. The Morgan fingerprint density at radius 2 is 2.13 bits per heavy atom. The van der Waals surface area contributed by atoms with Crippen LogP contribution in [0, 0.1) is 5.92 Å². The summed E-state index contributed by atoms with van der Waals surface area (Å²) in [5.41, 5.74) is 0. The first-order valence-electron chi connectivity index (χ1n) is 8.43. The molecule has 0 radical (unpaired) electrons. The zero-order valence-electron chi connectivity index (χ0n) is 14.2. The van der Waals surface area contributed by atoms with E-state index in [0.717, 1.165) is 38.9 Å². The monoisotopic (exact) mass is 336 g/mol. The number of likely N-dealkylation sites (tertiary alicyclic amines) is 1. The van der Waals surface area contributed by atoms with Gasteiger partial charge in [0.05, 0.1) is 6.54 Å².